The Morgan fingerprint density at radius 1 is 0.724 bits per heavy atom. The SMILES string of the molecule is COc1ccccc1Oc1ccc(S(=O)(=O)Nc2ccc3ccccc3c2)cc1. The molecule has 29 heavy (non-hydrogen) atoms. The number of methoxy groups -OCH3 is 1. The first kappa shape index (κ1) is 18.8. The summed E-state index contributed by atoms with van der Waals surface area (Å²) >= 11 is 0. The van der Waals surface area contributed by atoms with Gasteiger partial charge in [0.1, 0.15) is 5.75 Å². The molecule has 0 radical (unpaired) electrons. The van der Waals surface area contributed by atoms with Crippen molar-refractivity contribution >= 4 is 26.5 Å². The highest BCUT2D eigenvalue weighted by molar-refractivity contribution is 7.92. The van der Waals surface area contributed by atoms with E-state index in [9.17, 15) is 8.42 Å². The Hall–Kier alpha value is -3.51. The van der Waals surface area contributed by atoms with Gasteiger partial charge in [0.15, 0.2) is 11.5 Å². The molecule has 0 fully saturated rings. The summed E-state index contributed by atoms with van der Waals surface area (Å²) in [5.74, 6) is 1.67. The van der Waals surface area contributed by atoms with Crippen molar-refractivity contribution in [3.63, 3.8) is 0 Å². The molecular weight excluding hydrogens is 386 g/mol. The minimum absolute atomic E-state index is 0.151. The van der Waals surface area contributed by atoms with E-state index in [0.29, 0.717) is 22.9 Å². The summed E-state index contributed by atoms with van der Waals surface area (Å²) in [5.41, 5.74) is 0.512. The van der Waals surface area contributed by atoms with E-state index in [0.717, 1.165) is 10.8 Å². The Labute approximate surface area is 169 Å². The van der Waals surface area contributed by atoms with E-state index in [-0.39, 0.29) is 4.90 Å². The first-order valence-corrected chi connectivity index (χ1v) is 10.5. The molecule has 0 saturated heterocycles. The molecule has 0 aliphatic heterocycles. The average Bonchev–Trinajstić information content (AvgIpc) is 2.74. The van der Waals surface area contributed by atoms with Gasteiger partial charge in [0.05, 0.1) is 12.0 Å². The van der Waals surface area contributed by atoms with E-state index in [2.05, 4.69) is 4.72 Å². The Morgan fingerprint density at radius 3 is 2.10 bits per heavy atom. The lowest BCUT2D eigenvalue weighted by Gasteiger charge is -2.11. The lowest BCUT2D eigenvalue weighted by atomic mass is 10.1. The quantitative estimate of drug-likeness (QED) is 0.464. The van der Waals surface area contributed by atoms with Gasteiger partial charge in [-0.15, -0.1) is 0 Å². The van der Waals surface area contributed by atoms with Crippen LogP contribution < -0.4 is 14.2 Å². The van der Waals surface area contributed by atoms with Crippen LogP contribution >= 0.6 is 0 Å². The zero-order valence-electron chi connectivity index (χ0n) is 15.7. The largest absolute Gasteiger partial charge is 0.493 e. The van der Waals surface area contributed by atoms with E-state index < -0.39 is 10.0 Å². The third kappa shape index (κ3) is 4.17. The maximum absolute atomic E-state index is 12.7. The molecule has 4 aromatic rings. The number of hydrogen-bond acceptors (Lipinski definition) is 4. The van der Waals surface area contributed by atoms with Crippen molar-refractivity contribution < 1.29 is 17.9 Å². The Bertz CT molecular complexity index is 1250. The van der Waals surface area contributed by atoms with E-state index in [4.69, 9.17) is 9.47 Å². The van der Waals surface area contributed by atoms with Gasteiger partial charge >= 0.3 is 0 Å². The highest BCUT2D eigenvalue weighted by Crippen LogP contribution is 2.31. The third-order valence-corrected chi connectivity index (χ3v) is 5.83. The lowest BCUT2D eigenvalue weighted by Crippen LogP contribution is -2.12. The van der Waals surface area contributed by atoms with Crippen LogP contribution in [0.1, 0.15) is 0 Å². The molecule has 4 aromatic carbocycles. The van der Waals surface area contributed by atoms with Gasteiger partial charge in [-0.2, -0.15) is 0 Å². The van der Waals surface area contributed by atoms with Crippen LogP contribution in [0.15, 0.2) is 95.9 Å². The molecule has 0 aliphatic carbocycles. The number of benzene rings is 4. The van der Waals surface area contributed by atoms with Crippen LogP contribution in [0.5, 0.6) is 17.2 Å². The van der Waals surface area contributed by atoms with Gasteiger partial charge in [0, 0.05) is 5.69 Å². The average molecular weight is 405 g/mol. The van der Waals surface area contributed by atoms with Crippen LogP contribution in [-0.2, 0) is 10.0 Å². The highest BCUT2D eigenvalue weighted by atomic mass is 32.2. The van der Waals surface area contributed by atoms with Crippen molar-refractivity contribution in [1.82, 2.24) is 0 Å². The number of anilines is 1. The summed E-state index contributed by atoms with van der Waals surface area (Å²) in [6.07, 6.45) is 0. The second-order valence-electron chi connectivity index (χ2n) is 6.39. The molecule has 5 nitrogen and oxygen atoms in total. The third-order valence-electron chi connectivity index (χ3n) is 4.43. The van der Waals surface area contributed by atoms with Crippen LogP contribution in [-0.4, -0.2) is 15.5 Å². The highest BCUT2D eigenvalue weighted by Gasteiger charge is 2.15. The monoisotopic (exact) mass is 405 g/mol. The number of sulfonamides is 1. The molecule has 0 aliphatic rings. The molecule has 0 amide bonds. The molecule has 0 bridgehead atoms. The van der Waals surface area contributed by atoms with Crippen LogP contribution in [0.2, 0.25) is 0 Å². The van der Waals surface area contributed by atoms with Gasteiger partial charge in [-0.25, -0.2) is 8.42 Å². The number of ether oxygens (including phenoxy) is 2. The maximum atomic E-state index is 12.7. The van der Waals surface area contributed by atoms with E-state index in [1.54, 1.807) is 37.4 Å². The molecular formula is C23H19NO4S. The van der Waals surface area contributed by atoms with Crippen LogP contribution in [0.4, 0.5) is 5.69 Å². The normalized spacial score (nSPS) is 11.2. The summed E-state index contributed by atoms with van der Waals surface area (Å²) in [5, 5.41) is 2.02. The fraction of sp³-hybridized carbons (Fsp3) is 0.0435. The van der Waals surface area contributed by atoms with Crippen molar-refractivity contribution in [2.75, 3.05) is 11.8 Å². The molecule has 4 rings (SSSR count). The molecule has 0 atom stereocenters. The van der Waals surface area contributed by atoms with Gasteiger partial charge in [0.2, 0.25) is 0 Å². The first-order valence-electron chi connectivity index (χ1n) is 8.98. The minimum atomic E-state index is -3.71. The zero-order chi connectivity index (χ0) is 20.3. The van der Waals surface area contributed by atoms with E-state index in [1.807, 2.05) is 48.5 Å². The Morgan fingerprint density at radius 2 is 1.38 bits per heavy atom. The van der Waals surface area contributed by atoms with Crippen molar-refractivity contribution in [3.05, 3.63) is 91.0 Å². The van der Waals surface area contributed by atoms with Gasteiger partial charge in [-0.05, 0) is 59.3 Å². The van der Waals surface area contributed by atoms with E-state index in [1.165, 1.54) is 12.1 Å². The summed E-state index contributed by atoms with van der Waals surface area (Å²) in [7, 11) is -2.15. The summed E-state index contributed by atoms with van der Waals surface area (Å²) in [6.45, 7) is 0. The smallest absolute Gasteiger partial charge is 0.261 e. The zero-order valence-corrected chi connectivity index (χ0v) is 16.5. The topological polar surface area (TPSA) is 64.6 Å². The lowest BCUT2D eigenvalue weighted by molar-refractivity contribution is 0.379. The number of hydrogen-bond donors (Lipinski definition) is 1. The molecule has 0 saturated carbocycles. The van der Waals surface area contributed by atoms with Gasteiger partial charge in [0.25, 0.3) is 10.0 Å². The van der Waals surface area contributed by atoms with Crippen molar-refractivity contribution in [2.24, 2.45) is 0 Å². The predicted octanol–water partition coefficient (Wildman–Crippen LogP) is 5.44. The molecule has 0 aromatic heterocycles. The maximum Gasteiger partial charge on any atom is 0.261 e. The molecule has 0 spiro atoms. The number of fused-ring (bicyclic) bond motifs is 1. The number of para-hydroxylation sites is 2. The summed E-state index contributed by atoms with van der Waals surface area (Å²) in [6, 6.07) is 26.7. The fourth-order valence-electron chi connectivity index (χ4n) is 2.98. The molecule has 0 heterocycles. The van der Waals surface area contributed by atoms with Gasteiger partial charge < -0.3 is 9.47 Å². The first-order chi connectivity index (χ1) is 14.0. The van der Waals surface area contributed by atoms with Crippen LogP contribution in [0, 0.1) is 0 Å². The predicted molar refractivity (Wildman–Crippen MR) is 114 cm³/mol. The molecule has 0 unspecified atom stereocenters. The second kappa shape index (κ2) is 7.85. The van der Waals surface area contributed by atoms with Crippen molar-refractivity contribution in [2.45, 2.75) is 4.90 Å². The number of rotatable bonds is 6. The van der Waals surface area contributed by atoms with E-state index >= 15 is 0 Å². The fourth-order valence-corrected chi connectivity index (χ4v) is 4.03. The standard InChI is InChI=1S/C23H19NO4S/c1-27-22-8-4-5-9-23(22)28-20-12-14-21(15-13-20)29(25,26)24-19-11-10-17-6-2-3-7-18(17)16-19/h2-16,24H,1H3. The summed E-state index contributed by atoms with van der Waals surface area (Å²) in [4.78, 5) is 0.151. The Balaban J connectivity index is 1.54. The molecule has 6 heteroatoms. The Kier molecular flexibility index (Phi) is 5.10. The number of nitrogens with one attached hydrogen (secondary N) is 1. The summed E-state index contributed by atoms with van der Waals surface area (Å²) < 4.78 is 39.2. The van der Waals surface area contributed by atoms with Gasteiger partial charge in [-0.1, -0.05) is 42.5 Å². The van der Waals surface area contributed by atoms with Crippen molar-refractivity contribution in [3.8, 4) is 17.2 Å². The molecule has 146 valence electrons. The minimum Gasteiger partial charge on any atom is -0.493 e. The van der Waals surface area contributed by atoms with Crippen LogP contribution in [0.3, 0.4) is 0 Å². The van der Waals surface area contributed by atoms with Crippen molar-refractivity contribution in [1.29, 1.82) is 0 Å². The van der Waals surface area contributed by atoms with Crippen LogP contribution in [0.25, 0.3) is 10.8 Å². The van der Waals surface area contributed by atoms with Gasteiger partial charge in [-0.3, -0.25) is 4.72 Å². The molecule has 1 N–H and O–H groups in total. The second-order valence-corrected chi connectivity index (χ2v) is 8.07.